The number of hydrogen-bond acceptors (Lipinski definition) is 12. The average molecular weight is 641 g/mol. The minimum Gasteiger partial charge on any atom is -0.550 e. The average Bonchev–Trinajstić information content (AvgIpc) is 2.83. The quantitative estimate of drug-likeness (QED) is 0.0589. The van der Waals surface area contributed by atoms with Crippen LogP contribution in [0.1, 0.15) is 86.5 Å². The molecule has 6 N–H and O–H groups in total. The molecule has 0 heterocycles. The molecule has 0 aromatic rings. The second-order valence-corrected chi connectivity index (χ2v) is 9.90. The molecule has 1 aliphatic rings. The van der Waals surface area contributed by atoms with Gasteiger partial charge in [0.1, 0.15) is 0 Å². The first-order valence-electron chi connectivity index (χ1n) is 13.4. The van der Waals surface area contributed by atoms with Crippen LogP contribution >= 0.6 is 0 Å². The molecule has 5 atom stereocenters. The number of rotatable bonds is 14. The largest absolute Gasteiger partial charge is 1.00 e. The summed E-state index contributed by atoms with van der Waals surface area (Å²) in [5, 5.41) is 72.1. The molecule has 0 saturated heterocycles. The normalized spacial score (nSPS) is 16.5. The van der Waals surface area contributed by atoms with Gasteiger partial charge in [0.15, 0.2) is 18.2 Å². The number of aliphatic hydroxyl groups excluding tert-OH is 4. The van der Waals surface area contributed by atoms with Gasteiger partial charge in [0.25, 0.3) is 0 Å². The van der Waals surface area contributed by atoms with Gasteiger partial charge in [0, 0.05) is 24.8 Å². The second kappa shape index (κ2) is 30.3. The Hall–Kier alpha value is -0.390. The maximum Gasteiger partial charge on any atom is 1.00 e. The number of carboxylic acid groups (broad SMARTS) is 3. The van der Waals surface area contributed by atoms with Gasteiger partial charge < -0.3 is 59.9 Å². The van der Waals surface area contributed by atoms with Gasteiger partial charge in [0.2, 0.25) is 0 Å². The van der Waals surface area contributed by atoms with Crippen LogP contribution in [0.5, 0.6) is 0 Å². The van der Waals surface area contributed by atoms with Crippen molar-refractivity contribution in [3.8, 4) is 0 Å². The Morgan fingerprint density at radius 2 is 1.37 bits per heavy atom. The summed E-state index contributed by atoms with van der Waals surface area (Å²) in [6.07, 6.45) is 2.08. The van der Waals surface area contributed by atoms with Crippen LogP contribution in [0.15, 0.2) is 23.8 Å². The predicted octanol–water partition coefficient (Wildman–Crippen LogP) is -6.38. The van der Waals surface area contributed by atoms with Crippen LogP contribution in [-0.2, 0) is 23.9 Å². The van der Waals surface area contributed by atoms with E-state index >= 15 is 0 Å². The van der Waals surface area contributed by atoms with E-state index < -0.39 is 61.1 Å². The Morgan fingerprint density at radius 3 is 1.60 bits per heavy atom. The molecule has 15 heteroatoms. The Labute approximate surface area is 299 Å². The zero-order valence-corrected chi connectivity index (χ0v) is 31.1. The first-order chi connectivity index (χ1) is 18.8. The number of carbonyl (C=O) groups excluding carboxylic acids is 2. The number of hydrogen-bond donors (Lipinski definition) is 6. The second-order valence-electron chi connectivity index (χ2n) is 9.90. The fourth-order valence-corrected chi connectivity index (χ4v) is 2.89. The van der Waals surface area contributed by atoms with Crippen LogP contribution in [-0.4, -0.2) is 92.1 Å². The topological polar surface area (TPSA) is 237 Å². The number of allylic oxidation sites excluding steroid dienone is 3. The summed E-state index contributed by atoms with van der Waals surface area (Å²) in [4.78, 5) is 30.2. The summed E-state index contributed by atoms with van der Waals surface area (Å²) in [7, 11) is 0. The fraction of sp³-hybridized carbons (Fsp3) is 0.750. The van der Waals surface area contributed by atoms with Crippen molar-refractivity contribution in [2.45, 2.75) is 117 Å². The number of ether oxygens (including phenoxy) is 2. The monoisotopic (exact) mass is 640 g/mol. The molecular weight excluding hydrogens is 590 g/mol. The molecule has 1 rings (SSSR count). The van der Waals surface area contributed by atoms with Crippen molar-refractivity contribution in [2.75, 3.05) is 13.2 Å². The molecule has 0 radical (unpaired) electrons. The Bertz CT molecular complexity index is 757. The van der Waals surface area contributed by atoms with Crippen molar-refractivity contribution in [3.63, 3.8) is 0 Å². The Morgan fingerprint density at radius 1 is 0.977 bits per heavy atom. The minimum atomic E-state index is -2.86. The van der Waals surface area contributed by atoms with Crippen LogP contribution < -0.4 is 69.3 Å². The van der Waals surface area contributed by atoms with E-state index in [2.05, 4.69) is 31.2 Å². The fourth-order valence-electron chi connectivity index (χ4n) is 2.89. The molecule has 0 spiro atoms. The van der Waals surface area contributed by atoms with Crippen LogP contribution in [0.3, 0.4) is 0 Å². The first kappa shape index (κ1) is 52.2. The van der Waals surface area contributed by atoms with Gasteiger partial charge in [0.05, 0.1) is 25.4 Å². The molecule has 5 unspecified atom stereocenters. The molecule has 1 aliphatic carbocycles. The molecule has 13 nitrogen and oxygen atoms in total. The zero-order chi connectivity index (χ0) is 32.8. The van der Waals surface area contributed by atoms with Gasteiger partial charge in [-0.2, -0.15) is 0 Å². The van der Waals surface area contributed by atoms with Crippen LogP contribution in [0.2, 0.25) is 0 Å². The summed E-state index contributed by atoms with van der Waals surface area (Å²) >= 11 is 0. The third kappa shape index (κ3) is 34.3. The van der Waals surface area contributed by atoms with E-state index in [1.165, 1.54) is 24.8 Å². The maximum atomic E-state index is 10.3. The van der Waals surface area contributed by atoms with Crippen LogP contribution in [0, 0.1) is 5.92 Å². The summed E-state index contributed by atoms with van der Waals surface area (Å²) in [6, 6.07) is 0. The third-order valence-electron chi connectivity index (χ3n) is 5.34. The molecule has 0 bridgehead atoms. The molecular formula is C28H50Na2O13. The summed E-state index contributed by atoms with van der Waals surface area (Å²) < 4.78 is 9.52. The van der Waals surface area contributed by atoms with Crippen molar-refractivity contribution in [1.82, 2.24) is 0 Å². The van der Waals surface area contributed by atoms with Crippen LogP contribution in [0.4, 0.5) is 0 Å². The van der Waals surface area contributed by atoms with Crippen molar-refractivity contribution in [3.05, 3.63) is 23.8 Å². The van der Waals surface area contributed by atoms with Crippen LogP contribution in [0.25, 0.3) is 0 Å². The van der Waals surface area contributed by atoms with Crippen molar-refractivity contribution >= 4 is 17.9 Å². The number of aliphatic hydroxyl groups is 5. The predicted molar refractivity (Wildman–Crippen MR) is 146 cm³/mol. The minimum absolute atomic E-state index is 0. The summed E-state index contributed by atoms with van der Waals surface area (Å²) in [6.45, 7) is 15.8. The molecule has 0 aliphatic heterocycles. The summed E-state index contributed by atoms with van der Waals surface area (Å²) in [5.74, 6) is -4.89. The van der Waals surface area contributed by atoms with E-state index in [1.807, 2.05) is 0 Å². The van der Waals surface area contributed by atoms with Gasteiger partial charge in [-0.15, -0.1) is 0 Å². The van der Waals surface area contributed by atoms with E-state index in [0.717, 1.165) is 5.92 Å². The zero-order valence-electron chi connectivity index (χ0n) is 27.1. The van der Waals surface area contributed by atoms with Gasteiger partial charge in [-0.05, 0) is 65.7 Å². The number of carbonyl (C=O) groups is 3. The van der Waals surface area contributed by atoms with Crippen molar-refractivity contribution < 1.29 is 124 Å². The van der Waals surface area contributed by atoms with Gasteiger partial charge in [-0.3, -0.25) is 0 Å². The molecule has 0 amide bonds. The number of carboxylic acids is 3. The van der Waals surface area contributed by atoms with E-state index in [0.29, 0.717) is 26.1 Å². The summed E-state index contributed by atoms with van der Waals surface area (Å²) in [5.41, 5.74) is 0.0405. The Kier molecular flexibility index (Phi) is 36.7. The molecule has 43 heavy (non-hydrogen) atoms. The van der Waals surface area contributed by atoms with E-state index in [1.54, 1.807) is 33.3 Å². The van der Waals surface area contributed by atoms with Gasteiger partial charge >= 0.3 is 65.1 Å². The van der Waals surface area contributed by atoms with E-state index in [-0.39, 0.29) is 59.1 Å². The molecule has 0 aromatic heterocycles. The molecule has 0 aromatic carbocycles. The third-order valence-corrected chi connectivity index (χ3v) is 5.34. The maximum absolute atomic E-state index is 10.3. The smallest absolute Gasteiger partial charge is 0.550 e. The Balaban J connectivity index is -0.000000149. The van der Waals surface area contributed by atoms with E-state index in [9.17, 15) is 24.6 Å². The van der Waals surface area contributed by atoms with Crippen molar-refractivity contribution in [2.24, 2.45) is 5.92 Å². The van der Waals surface area contributed by atoms with Gasteiger partial charge in [-0.25, -0.2) is 4.79 Å². The SMILES string of the molecule is C=C(C)C1CC=C(C)CC1.CC(O)COCC(C)O.CCC(O)OC(O)CC.O=C([O-])CC(O)(CC(=O)[O-])C(=O)O.[Na+].[Na+]. The molecule has 242 valence electrons. The van der Waals surface area contributed by atoms with Gasteiger partial charge in [-0.1, -0.05) is 37.6 Å². The standard InChI is InChI=1S/C10H16.C6H8O7.2C6H14O3.2Na/c1-8(2)10-6-4-9(3)5-7-10;7-3(8)1-6(13,5(11)12)2-4(9)10;1-5(7)3-9-4-6(2)8;1-3-5(7)9-6(8)4-2;;/h4,10H,1,5-7H2,2-3H3;13H,1-2H2,(H,7,8)(H,9,10)(H,11,12);2*5-8H,3-4H2,1-2H3;;/q;;;;2*+1/p-2. The first-order valence-corrected chi connectivity index (χ1v) is 13.4. The van der Waals surface area contributed by atoms with Crippen molar-refractivity contribution in [1.29, 1.82) is 0 Å². The number of aliphatic carboxylic acids is 3. The molecule has 0 fully saturated rings. The van der Waals surface area contributed by atoms with E-state index in [4.69, 9.17) is 35.4 Å². The molecule has 0 saturated carbocycles.